The second kappa shape index (κ2) is 5.61. The van der Waals surface area contributed by atoms with Crippen LogP contribution in [0.4, 0.5) is 0 Å². The SMILES string of the molecule is CCNC(Cc1cncs1)CC(C)(C)C. The number of likely N-dealkylation sites (N-methyl/N-ethyl adjacent to an activating group) is 1. The Morgan fingerprint density at radius 2 is 2.20 bits per heavy atom. The average molecular weight is 226 g/mol. The highest BCUT2D eigenvalue weighted by Gasteiger charge is 2.18. The summed E-state index contributed by atoms with van der Waals surface area (Å²) >= 11 is 1.75. The molecule has 0 fully saturated rings. The maximum absolute atomic E-state index is 4.12. The van der Waals surface area contributed by atoms with Gasteiger partial charge < -0.3 is 5.32 Å². The lowest BCUT2D eigenvalue weighted by molar-refractivity contribution is 0.310. The van der Waals surface area contributed by atoms with Crippen molar-refractivity contribution in [1.29, 1.82) is 0 Å². The van der Waals surface area contributed by atoms with Gasteiger partial charge in [0.05, 0.1) is 5.51 Å². The first-order chi connectivity index (χ1) is 7.01. The zero-order chi connectivity index (χ0) is 11.3. The molecule has 0 radical (unpaired) electrons. The summed E-state index contributed by atoms with van der Waals surface area (Å²) < 4.78 is 0. The molecule has 15 heavy (non-hydrogen) atoms. The van der Waals surface area contributed by atoms with Gasteiger partial charge >= 0.3 is 0 Å². The fourth-order valence-electron chi connectivity index (χ4n) is 1.83. The molecule has 0 bridgehead atoms. The molecule has 0 aliphatic heterocycles. The van der Waals surface area contributed by atoms with Crippen LogP contribution in [0.3, 0.4) is 0 Å². The number of hydrogen-bond donors (Lipinski definition) is 1. The van der Waals surface area contributed by atoms with Crippen LogP contribution in [0.2, 0.25) is 0 Å². The van der Waals surface area contributed by atoms with Gasteiger partial charge in [-0.3, -0.25) is 4.98 Å². The van der Waals surface area contributed by atoms with Crippen LogP contribution >= 0.6 is 11.3 Å². The summed E-state index contributed by atoms with van der Waals surface area (Å²) in [6, 6.07) is 0.579. The quantitative estimate of drug-likeness (QED) is 0.834. The Morgan fingerprint density at radius 3 is 2.67 bits per heavy atom. The molecule has 1 aromatic heterocycles. The number of nitrogens with zero attached hydrogens (tertiary/aromatic N) is 1. The van der Waals surface area contributed by atoms with E-state index in [1.54, 1.807) is 11.3 Å². The molecule has 1 rings (SSSR count). The van der Waals surface area contributed by atoms with Crippen LogP contribution in [0.5, 0.6) is 0 Å². The largest absolute Gasteiger partial charge is 0.314 e. The van der Waals surface area contributed by atoms with Crippen molar-refractivity contribution in [1.82, 2.24) is 10.3 Å². The minimum atomic E-state index is 0.386. The number of thiazole rings is 1. The summed E-state index contributed by atoms with van der Waals surface area (Å²) in [5.74, 6) is 0. The molecule has 0 amide bonds. The van der Waals surface area contributed by atoms with Crippen LogP contribution in [0.15, 0.2) is 11.7 Å². The van der Waals surface area contributed by atoms with E-state index in [1.165, 1.54) is 11.3 Å². The standard InChI is InChI=1S/C12H22N2S/c1-5-14-10(7-12(2,3)4)6-11-8-13-9-15-11/h8-10,14H,5-7H2,1-4H3. The molecule has 0 aromatic carbocycles. The fourth-order valence-corrected chi connectivity index (χ4v) is 2.51. The molecule has 2 nitrogen and oxygen atoms in total. The fraction of sp³-hybridized carbons (Fsp3) is 0.750. The third-order valence-corrected chi connectivity index (χ3v) is 3.08. The topological polar surface area (TPSA) is 24.9 Å². The molecule has 1 atom stereocenters. The van der Waals surface area contributed by atoms with Crippen molar-refractivity contribution in [3.05, 3.63) is 16.6 Å². The summed E-state index contributed by atoms with van der Waals surface area (Å²) in [7, 11) is 0. The lowest BCUT2D eigenvalue weighted by Gasteiger charge is -2.26. The molecule has 0 spiro atoms. The van der Waals surface area contributed by atoms with Gasteiger partial charge in [0, 0.05) is 17.1 Å². The predicted octanol–water partition coefficient (Wildman–Crippen LogP) is 3.10. The van der Waals surface area contributed by atoms with Crippen LogP contribution in [-0.4, -0.2) is 17.6 Å². The lowest BCUT2D eigenvalue weighted by atomic mass is 9.87. The molecule has 1 unspecified atom stereocenters. The van der Waals surface area contributed by atoms with Crippen molar-refractivity contribution < 1.29 is 0 Å². The van der Waals surface area contributed by atoms with Gasteiger partial charge in [-0.1, -0.05) is 27.7 Å². The van der Waals surface area contributed by atoms with Gasteiger partial charge in [-0.2, -0.15) is 0 Å². The molecule has 86 valence electrons. The van der Waals surface area contributed by atoms with Crippen molar-refractivity contribution in [2.45, 2.75) is 46.6 Å². The summed E-state index contributed by atoms with van der Waals surface area (Å²) in [6.45, 7) is 10.1. The average Bonchev–Trinajstić information content (AvgIpc) is 2.54. The molecule has 3 heteroatoms. The maximum atomic E-state index is 4.12. The van der Waals surface area contributed by atoms with Crippen LogP contribution < -0.4 is 5.32 Å². The van der Waals surface area contributed by atoms with Crippen molar-refractivity contribution >= 4 is 11.3 Å². The zero-order valence-electron chi connectivity index (χ0n) is 10.2. The van der Waals surface area contributed by atoms with Gasteiger partial charge in [0.15, 0.2) is 0 Å². The minimum absolute atomic E-state index is 0.386. The lowest BCUT2D eigenvalue weighted by Crippen LogP contribution is -2.34. The Labute approximate surface area is 97.1 Å². The van der Waals surface area contributed by atoms with E-state index in [0.717, 1.165) is 13.0 Å². The molecule has 1 aromatic rings. The molecule has 1 heterocycles. The van der Waals surface area contributed by atoms with E-state index in [2.05, 4.69) is 38.0 Å². The Hall–Kier alpha value is -0.410. The Morgan fingerprint density at radius 1 is 1.47 bits per heavy atom. The highest BCUT2D eigenvalue weighted by Crippen LogP contribution is 2.23. The van der Waals surface area contributed by atoms with Crippen molar-refractivity contribution in [2.24, 2.45) is 5.41 Å². The second-order valence-corrected chi connectivity index (χ2v) is 6.16. The van der Waals surface area contributed by atoms with Gasteiger partial charge in [-0.05, 0) is 24.8 Å². The monoisotopic (exact) mass is 226 g/mol. The Kier molecular flexibility index (Phi) is 4.74. The van der Waals surface area contributed by atoms with E-state index < -0.39 is 0 Å². The van der Waals surface area contributed by atoms with Gasteiger partial charge in [0.25, 0.3) is 0 Å². The van der Waals surface area contributed by atoms with E-state index in [4.69, 9.17) is 0 Å². The normalized spacial score (nSPS) is 14.1. The number of nitrogens with one attached hydrogen (secondary N) is 1. The molecule has 0 aliphatic carbocycles. The third kappa shape index (κ3) is 5.28. The second-order valence-electron chi connectivity index (χ2n) is 5.19. The van der Waals surface area contributed by atoms with Gasteiger partial charge in [0.1, 0.15) is 0 Å². The number of aromatic nitrogens is 1. The van der Waals surface area contributed by atoms with E-state index >= 15 is 0 Å². The van der Waals surface area contributed by atoms with E-state index in [9.17, 15) is 0 Å². The summed E-state index contributed by atoms with van der Waals surface area (Å²) in [6.07, 6.45) is 4.30. The van der Waals surface area contributed by atoms with Crippen LogP contribution in [0.25, 0.3) is 0 Å². The molecule has 0 saturated heterocycles. The highest BCUT2D eigenvalue weighted by molar-refractivity contribution is 7.09. The molecule has 0 saturated carbocycles. The molecule has 0 aliphatic rings. The Bertz CT molecular complexity index is 262. The van der Waals surface area contributed by atoms with Crippen LogP contribution in [-0.2, 0) is 6.42 Å². The van der Waals surface area contributed by atoms with Gasteiger partial charge in [-0.15, -0.1) is 11.3 Å². The predicted molar refractivity (Wildman–Crippen MR) is 67.4 cm³/mol. The van der Waals surface area contributed by atoms with Crippen molar-refractivity contribution in [3.8, 4) is 0 Å². The third-order valence-electron chi connectivity index (χ3n) is 2.28. The summed E-state index contributed by atoms with van der Waals surface area (Å²) in [4.78, 5) is 5.50. The first kappa shape index (κ1) is 12.7. The minimum Gasteiger partial charge on any atom is -0.314 e. The number of hydrogen-bond acceptors (Lipinski definition) is 3. The van der Waals surface area contributed by atoms with Crippen LogP contribution in [0.1, 0.15) is 39.0 Å². The maximum Gasteiger partial charge on any atom is 0.0794 e. The van der Waals surface area contributed by atoms with E-state index in [-0.39, 0.29) is 0 Å². The Balaban J connectivity index is 2.51. The van der Waals surface area contributed by atoms with Gasteiger partial charge in [0.2, 0.25) is 0 Å². The first-order valence-corrected chi connectivity index (χ1v) is 6.50. The summed E-state index contributed by atoms with van der Waals surface area (Å²) in [5.41, 5.74) is 2.30. The zero-order valence-corrected chi connectivity index (χ0v) is 11.0. The van der Waals surface area contributed by atoms with Crippen molar-refractivity contribution in [3.63, 3.8) is 0 Å². The highest BCUT2D eigenvalue weighted by atomic mass is 32.1. The first-order valence-electron chi connectivity index (χ1n) is 5.62. The smallest absolute Gasteiger partial charge is 0.0794 e. The number of rotatable bonds is 5. The van der Waals surface area contributed by atoms with Gasteiger partial charge in [-0.25, -0.2) is 0 Å². The van der Waals surface area contributed by atoms with Crippen molar-refractivity contribution in [2.75, 3.05) is 6.54 Å². The molecular weight excluding hydrogens is 204 g/mol. The molecule has 1 N–H and O–H groups in total. The van der Waals surface area contributed by atoms with E-state index in [1.807, 2.05) is 11.7 Å². The molecular formula is C12H22N2S. The van der Waals surface area contributed by atoms with Crippen LogP contribution in [0, 0.1) is 5.41 Å². The summed E-state index contributed by atoms with van der Waals surface area (Å²) in [5, 5.41) is 3.56. The van der Waals surface area contributed by atoms with E-state index in [0.29, 0.717) is 11.5 Å².